The lowest BCUT2D eigenvalue weighted by molar-refractivity contribution is 0.521. The van der Waals surface area contributed by atoms with E-state index in [1.165, 1.54) is 47.2 Å². The lowest BCUT2D eigenvalue weighted by atomic mass is 10.0. The van der Waals surface area contributed by atoms with Crippen molar-refractivity contribution in [1.29, 1.82) is 0 Å². The summed E-state index contributed by atoms with van der Waals surface area (Å²) in [6, 6.07) is 26.3. The fourth-order valence-corrected chi connectivity index (χ4v) is 5.00. The lowest BCUT2D eigenvalue weighted by Gasteiger charge is -2.31. The molecule has 6 rings (SSSR count). The van der Waals surface area contributed by atoms with Crippen molar-refractivity contribution in [3.05, 3.63) is 102 Å². The van der Waals surface area contributed by atoms with Crippen LogP contribution in [-0.2, 0) is 19.4 Å². The van der Waals surface area contributed by atoms with Gasteiger partial charge in [0.1, 0.15) is 11.9 Å². The van der Waals surface area contributed by atoms with Gasteiger partial charge in [0.15, 0.2) is 0 Å². The van der Waals surface area contributed by atoms with Crippen LogP contribution in [0.15, 0.2) is 91.3 Å². The molecule has 3 heteroatoms. The van der Waals surface area contributed by atoms with Crippen molar-refractivity contribution in [3.63, 3.8) is 0 Å². The van der Waals surface area contributed by atoms with Gasteiger partial charge in [-0.25, -0.2) is 4.48 Å². The van der Waals surface area contributed by atoms with E-state index >= 15 is 0 Å². The maximum absolute atomic E-state index is 5.13. The molecule has 0 saturated carbocycles. The molecule has 1 atom stereocenters. The van der Waals surface area contributed by atoms with Gasteiger partial charge in [0.2, 0.25) is 0 Å². The van der Waals surface area contributed by atoms with Crippen molar-refractivity contribution in [3.8, 4) is 22.4 Å². The highest BCUT2D eigenvalue weighted by Gasteiger charge is 2.35. The molecule has 0 spiro atoms. The predicted octanol–water partition coefficient (Wildman–Crippen LogP) is 6.50. The number of rotatable bonds is 3. The summed E-state index contributed by atoms with van der Waals surface area (Å²) in [6.07, 6.45) is 10.4. The smallest absolute Gasteiger partial charge is 0.280 e. The molecule has 0 amide bonds. The maximum Gasteiger partial charge on any atom is 0.319 e. The van der Waals surface area contributed by atoms with Gasteiger partial charge in [-0.05, 0) is 47.6 Å². The number of fused-ring (bicyclic) bond motifs is 2. The number of allylic oxidation sites excluding steroid dienone is 1. The Morgan fingerprint density at radius 2 is 1.55 bits per heavy atom. The molecule has 4 aromatic rings. The zero-order valence-electron chi connectivity index (χ0n) is 17.8. The van der Waals surface area contributed by atoms with E-state index in [1.807, 2.05) is 0 Å². The lowest BCUT2D eigenvalue weighted by Crippen LogP contribution is -2.38. The van der Waals surface area contributed by atoms with E-state index in [1.54, 1.807) is 0 Å². The van der Waals surface area contributed by atoms with Crippen LogP contribution in [0, 0.1) is 0 Å². The molecule has 0 N–H and O–H groups in total. The maximum atomic E-state index is 5.13. The van der Waals surface area contributed by atoms with E-state index in [9.17, 15) is 0 Å². The molecular weight excluding hydrogens is 378 g/mol. The zero-order chi connectivity index (χ0) is 20.8. The highest BCUT2D eigenvalue weighted by molar-refractivity contribution is 5.70. The molecule has 2 heterocycles. The summed E-state index contributed by atoms with van der Waals surface area (Å²) in [4.78, 5) is 5.13. The fourth-order valence-electron chi connectivity index (χ4n) is 5.00. The molecule has 2 aliphatic rings. The number of quaternary nitrogens is 1. The topological polar surface area (TPSA) is 17.8 Å². The van der Waals surface area contributed by atoms with E-state index in [2.05, 4.69) is 103 Å². The predicted molar refractivity (Wildman–Crippen MR) is 128 cm³/mol. The minimum absolute atomic E-state index is 0.607. The molecule has 0 bridgehead atoms. The van der Waals surface area contributed by atoms with Gasteiger partial charge >= 0.3 is 5.95 Å². The van der Waals surface area contributed by atoms with E-state index in [-0.39, 0.29) is 0 Å². The normalized spacial score (nSPS) is 19.3. The van der Waals surface area contributed by atoms with Crippen LogP contribution in [-0.4, -0.2) is 16.6 Å². The summed E-state index contributed by atoms with van der Waals surface area (Å²) in [6.45, 7) is 0.864. The van der Waals surface area contributed by atoms with E-state index < -0.39 is 0 Å². The molecule has 1 unspecified atom stereocenters. The minimum atomic E-state index is 0.607. The number of aromatic nitrogens is 2. The van der Waals surface area contributed by atoms with E-state index in [4.69, 9.17) is 4.98 Å². The van der Waals surface area contributed by atoms with Crippen LogP contribution < -0.4 is 4.48 Å². The summed E-state index contributed by atoms with van der Waals surface area (Å²) < 4.78 is 2.89. The van der Waals surface area contributed by atoms with Gasteiger partial charge in [0.05, 0.1) is 19.3 Å². The Bertz CT molecular complexity index is 1280. The van der Waals surface area contributed by atoms with Crippen molar-refractivity contribution in [2.24, 2.45) is 0 Å². The second-order valence-corrected chi connectivity index (χ2v) is 8.79. The Morgan fingerprint density at radius 1 is 0.806 bits per heavy atom. The van der Waals surface area contributed by atoms with Crippen molar-refractivity contribution < 1.29 is 0 Å². The van der Waals surface area contributed by atoms with E-state index in [0.717, 1.165) is 23.8 Å². The van der Waals surface area contributed by atoms with Gasteiger partial charge in [-0.2, -0.15) is 4.98 Å². The number of nitrogens with zero attached hydrogens (tertiary/aromatic N) is 3. The Kier molecular flexibility index (Phi) is 4.18. The van der Waals surface area contributed by atoms with Crippen LogP contribution in [0.5, 0.6) is 0 Å². The van der Waals surface area contributed by atoms with Gasteiger partial charge in [-0.3, -0.25) is 4.57 Å². The summed E-state index contributed by atoms with van der Waals surface area (Å²) in [5, 5.41) is 0. The van der Waals surface area contributed by atoms with Gasteiger partial charge in [-0.1, -0.05) is 60.7 Å². The van der Waals surface area contributed by atoms with Crippen LogP contribution in [0.25, 0.3) is 22.4 Å². The summed E-state index contributed by atoms with van der Waals surface area (Å²) in [5.41, 5.74) is 8.96. The minimum Gasteiger partial charge on any atom is -0.280 e. The second-order valence-electron chi connectivity index (χ2n) is 8.79. The number of imidazole rings is 1. The molecular formula is C28H26N3+. The van der Waals surface area contributed by atoms with E-state index in [0.29, 0.717) is 4.48 Å². The SMILES string of the molecule is C[N+]1(c2ccc3c(c2)CCC3)C=CCn2cc(-c3ccc(-c4ccccc4)cc3)nc21. The summed E-state index contributed by atoms with van der Waals surface area (Å²) >= 11 is 0. The Balaban J connectivity index is 1.37. The van der Waals surface area contributed by atoms with Crippen molar-refractivity contribution in [2.45, 2.75) is 25.8 Å². The monoisotopic (exact) mass is 404 g/mol. The second kappa shape index (κ2) is 7.07. The zero-order valence-corrected chi connectivity index (χ0v) is 17.8. The van der Waals surface area contributed by atoms with Gasteiger partial charge in [-0.15, -0.1) is 0 Å². The Labute approximate surface area is 183 Å². The Hall–Kier alpha value is -3.43. The van der Waals surface area contributed by atoms with Crippen molar-refractivity contribution in [1.82, 2.24) is 14.0 Å². The van der Waals surface area contributed by atoms with Gasteiger partial charge in [0.25, 0.3) is 0 Å². The van der Waals surface area contributed by atoms with Crippen LogP contribution >= 0.6 is 0 Å². The molecule has 152 valence electrons. The third-order valence-corrected chi connectivity index (χ3v) is 6.78. The molecule has 3 nitrogen and oxygen atoms in total. The number of aryl methyl sites for hydroxylation is 2. The summed E-state index contributed by atoms with van der Waals surface area (Å²) in [7, 11) is 2.24. The van der Waals surface area contributed by atoms with Crippen LogP contribution in [0.4, 0.5) is 11.6 Å². The third-order valence-electron chi connectivity index (χ3n) is 6.78. The number of hydrogen-bond donors (Lipinski definition) is 0. The first-order valence-electron chi connectivity index (χ1n) is 11.1. The van der Waals surface area contributed by atoms with Crippen molar-refractivity contribution in [2.75, 3.05) is 7.05 Å². The first-order valence-corrected chi connectivity index (χ1v) is 11.1. The molecule has 3 aromatic carbocycles. The van der Waals surface area contributed by atoms with Gasteiger partial charge < -0.3 is 0 Å². The average molecular weight is 405 g/mol. The molecule has 1 aromatic heterocycles. The fraction of sp³-hybridized carbons (Fsp3) is 0.179. The van der Waals surface area contributed by atoms with Crippen LogP contribution in [0.1, 0.15) is 17.5 Å². The quantitative estimate of drug-likeness (QED) is 0.356. The average Bonchev–Trinajstić information content (AvgIpc) is 3.47. The third kappa shape index (κ3) is 3.05. The van der Waals surface area contributed by atoms with Gasteiger partial charge in [0, 0.05) is 23.9 Å². The highest BCUT2D eigenvalue weighted by Crippen LogP contribution is 2.39. The molecule has 1 aliphatic carbocycles. The number of hydrogen-bond acceptors (Lipinski definition) is 1. The molecule has 1 aliphatic heterocycles. The van der Waals surface area contributed by atoms with Crippen LogP contribution in [0.2, 0.25) is 0 Å². The van der Waals surface area contributed by atoms with Crippen molar-refractivity contribution >= 4 is 11.6 Å². The molecule has 31 heavy (non-hydrogen) atoms. The molecule has 0 radical (unpaired) electrons. The highest BCUT2D eigenvalue weighted by atomic mass is 15.4. The number of benzene rings is 3. The van der Waals surface area contributed by atoms with Crippen LogP contribution in [0.3, 0.4) is 0 Å². The Morgan fingerprint density at radius 3 is 2.39 bits per heavy atom. The first kappa shape index (κ1) is 18.3. The molecule has 0 saturated heterocycles. The standard InChI is InChI=1S/C28H26N3/c1-31(26-16-15-22-9-5-10-25(22)19-26)18-6-17-30-20-27(29-28(30)31)24-13-11-23(12-14-24)21-7-3-2-4-8-21/h2-4,6-8,11-16,18-20H,5,9-10,17H2,1H3/q+1. The molecule has 0 fully saturated rings. The largest absolute Gasteiger partial charge is 0.319 e. The summed E-state index contributed by atoms with van der Waals surface area (Å²) in [5.74, 6) is 1.07. The first-order chi connectivity index (χ1) is 15.2.